The van der Waals surface area contributed by atoms with Gasteiger partial charge in [0, 0.05) is 12.0 Å². The Morgan fingerprint density at radius 1 is 1.25 bits per heavy atom. The van der Waals surface area contributed by atoms with Crippen LogP contribution in [0.1, 0.15) is 49.5 Å². The summed E-state index contributed by atoms with van der Waals surface area (Å²) >= 11 is 0. The molecule has 0 saturated heterocycles. The summed E-state index contributed by atoms with van der Waals surface area (Å²) in [6.07, 6.45) is 2.39. The molecule has 0 bridgehead atoms. The highest BCUT2D eigenvalue weighted by Gasteiger charge is 2.10. The fraction of sp³-hybridized carbons (Fsp3) is 0.500. The maximum atomic E-state index is 11.9. The summed E-state index contributed by atoms with van der Waals surface area (Å²) in [6, 6.07) is 5.75. The van der Waals surface area contributed by atoms with Crippen molar-refractivity contribution in [3.63, 3.8) is 0 Å². The second-order valence-corrected chi connectivity index (χ2v) is 3.78. The van der Waals surface area contributed by atoms with E-state index in [1.807, 2.05) is 32.0 Å². The van der Waals surface area contributed by atoms with E-state index in [-0.39, 0.29) is 5.78 Å². The number of benzene rings is 1. The Bertz CT molecular complexity index is 356. The number of Topliss-reactive ketones (excluding diaryl/α,β-unsaturated/α-hetero) is 1. The molecule has 0 aliphatic carbocycles. The Morgan fingerprint density at radius 2 is 2.00 bits per heavy atom. The van der Waals surface area contributed by atoms with Gasteiger partial charge in [-0.05, 0) is 43.5 Å². The molecule has 2 nitrogen and oxygen atoms in total. The van der Waals surface area contributed by atoms with Crippen molar-refractivity contribution in [2.75, 3.05) is 6.61 Å². The molecule has 0 aliphatic rings. The zero-order chi connectivity index (χ0) is 12.0. The maximum Gasteiger partial charge on any atom is 0.163 e. The van der Waals surface area contributed by atoms with Gasteiger partial charge in [-0.2, -0.15) is 0 Å². The van der Waals surface area contributed by atoms with Crippen LogP contribution in [0.2, 0.25) is 0 Å². The fourth-order valence-corrected chi connectivity index (χ4v) is 1.75. The van der Waals surface area contributed by atoms with Crippen LogP contribution in [0, 0.1) is 0 Å². The molecule has 0 heterocycles. The van der Waals surface area contributed by atoms with Gasteiger partial charge in [-0.3, -0.25) is 4.79 Å². The summed E-state index contributed by atoms with van der Waals surface area (Å²) in [5.41, 5.74) is 1.94. The van der Waals surface area contributed by atoms with Gasteiger partial charge in [-0.25, -0.2) is 0 Å². The first-order valence-corrected chi connectivity index (χ1v) is 6.01. The molecular formula is C14H20O2. The minimum absolute atomic E-state index is 0.238. The molecule has 0 spiro atoms. The molecule has 0 radical (unpaired) electrons. The Balaban J connectivity index is 2.96. The molecule has 16 heavy (non-hydrogen) atoms. The predicted octanol–water partition coefficient (Wildman–Crippen LogP) is 3.63. The normalized spacial score (nSPS) is 10.2. The lowest BCUT2D eigenvalue weighted by Crippen LogP contribution is -2.03. The average molecular weight is 220 g/mol. The van der Waals surface area contributed by atoms with Gasteiger partial charge in [-0.1, -0.05) is 13.8 Å². The minimum Gasteiger partial charge on any atom is -0.494 e. The fourth-order valence-electron chi connectivity index (χ4n) is 1.75. The van der Waals surface area contributed by atoms with Gasteiger partial charge in [-0.15, -0.1) is 0 Å². The molecule has 88 valence electrons. The molecular weight excluding hydrogens is 200 g/mol. The van der Waals surface area contributed by atoms with Gasteiger partial charge in [0.05, 0.1) is 6.61 Å². The maximum absolute atomic E-state index is 11.9. The molecule has 0 atom stereocenters. The smallest absolute Gasteiger partial charge is 0.163 e. The summed E-state index contributed by atoms with van der Waals surface area (Å²) < 4.78 is 5.43. The number of aryl methyl sites for hydroxylation is 1. The van der Waals surface area contributed by atoms with Gasteiger partial charge >= 0.3 is 0 Å². The van der Waals surface area contributed by atoms with E-state index in [1.165, 1.54) is 0 Å². The molecule has 2 heteroatoms. The molecule has 0 N–H and O–H groups in total. The van der Waals surface area contributed by atoms with Crippen LogP contribution >= 0.6 is 0 Å². The average Bonchev–Trinajstić information content (AvgIpc) is 2.29. The van der Waals surface area contributed by atoms with Gasteiger partial charge in [0.2, 0.25) is 0 Å². The van der Waals surface area contributed by atoms with E-state index in [0.29, 0.717) is 13.0 Å². The number of hydrogen-bond acceptors (Lipinski definition) is 2. The van der Waals surface area contributed by atoms with Gasteiger partial charge in [0.15, 0.2) is 5.78 Å². The van der Waals surface area contributed by atoms with Gasteiger partial charge in [0.1, 0.15) is 5.75 Å². The predicted molar refractivity (Wildman–Crippen MR) is 66.2 cm³/mol. The van der Waals surface area contributed by atoms with Crippen molar-refractivity contribution < 1.29 is 9.53 Å². The molecule has 0 unspecified atom stereocenters. The van der Waals surface area contributed by atoms with Gasteiger partial charge < -0.3 is 4.74 Å². The number of carbonyl (C=O) groups excluding carboxylic acids is 1. The molecule has 1 rings (SSSR count). The molecule has 0 aliphatic heterocycles. The third-order valence-corrected chi connectivity index (χ3v) is 2.55. The van der Waals surface area contributed by atoms with Crippen LogP contribution in [0.3, 0.4) is 0 Å². The van der Waals surface area contributed by atoms with E-state index >= 15 is 0 Å². The third kappa shape index (κ3) is 3.09. The summed E-state index contributed by atoms with van der Waals surface area (Å²) in [4.78, 5) is 11.9. The number of hydrogen-bond donors (Lipinski definition) is 0. The SMILES string of the molecule is CCCC(=O)c1ccc(OCC)cc1CC. The lowest BCUT2D eigenvalue weighted by Gasteiger charge is -2.09. The Morgan fingerprint density at radius 3 is 2.56 bits per heavy atom. The summed E-state index contributed by atoms with van der Waals surface area (Å²) in [5, 5.41) is 0. The van der Waals surface area contributed by atoms with Crippen LogP contribution in [-0.4, -0.2) is 12.4 Å². The zero-order valence-electron chi connectivity index (χ0n) is 10.4. The first kappa shape index (κ1) is 12.8. The standard InChI is InChI=1S/C14H20O2/c1-4-7-14(15)13-9-8-12(16-6-3)10-11(13)5-2/h8-10H,4-7H2,1-3H3. The van der Waals surface area contributed by atoms with Crippen molar-refractivity contribution in [3.8, 4) is 5.75 Å². The summed E-state index contributed by atoms with van der Waals surface area (Å²) in [6.45, 7) is 6.71. The largest absolute Gasteiger partial charge is 0.494 e. The molecule has 0 amide bonds. The number of ketones is 1. The monoisotopic (exact) mass is 220 g/mol. The van der Waals surface area contributed by atoms with Crippen LogP contribution in [-0.2, 0) is 6.42 Å². The highest BCUT2D eigenvalue weighted by Crippen LogP contribution is 2.20. The van der Waals surface area contributed by atoms with Crippen molar-refractivity contribution >= 4 is 5.78 Å². The Labute approximate surface area is 97.6 Å². The number of ether oxygens (including phenoxy) is 1. The van der Waals surface area contributed by atoms with Crippen molar-refractivity contribution in [3.05, 3.63) is 29.3 Å². The second-order valence-electron chi connectivity index (χ2n) is 3.78. The third-order valence-electron chi connectivity index (χ3n) is 2.55. The van der Waals surface area contributed by atoms with Crippen LogP contribution in [0.5, 0.6) is 5.75 Å². The minimum atomic E-state index is 0.238. The van der Waals surface area contributed by atoms with Crippen molar-refractivity contribution in [2.45, 2.75) is 40.0 Å². The first-order valence-electron chi connectivity index (χ1n) is 6.01. The van der Waals surface area contributed by atoms with E-state index in [1.54, 1.807) is 0 Å². The molecule has 1 aromatic rings. The van der Waals surface area contributed by atoms with E-state index in [0.717, 1.165) is 29.7 Å². The van der Waals surface area contributed by atoms with Crippen molar-refractivity contribution in [2.24, 2.45) is 0 Å². The van der Waals surface area contributed by atoms with Crippen LogP contribution in [0.25, 0.3) is 0 Å². The quantitative estimate of drug-likeness (QED) is 0.684. The van der Waals surface area contributed by atoms with Crippen molar-refractivity contribution in [1.29, 1.82) is 0 Å². The van der Waals surface area contributed by atoms with Crippen molar-refractivity contribution in [1.82, 2.24) is 0 Å². The first-order chi connectivity index (χ1) is 7.72. The van der Waals surface area contributed by atoms with Gasteiger partial charge in [0.25, 0.3) is 0 Å². The molecule has 0 fully saturated rings. The summed E-state index contributed by atoms with van der Waals surface area (Å²) in [7, 11) is 0. The van der Waals surface area contributed by atoms with E-state index in [2.05, 4.69) is 6.92 Å². The van der Waals surface area contributed by atoms with E-state index < -0.39 is 0 Å². The lowest BCUT2D eigenvalue weighted by atomic mass is 9.99. The van der Waals surface area contributed by atoms with E-state index in [9.17, 15) is 4.79 Å². The van der Waals surface area contributed by atoms with Crippen LogP contribution in [0.4, 0.5) is 0 Å². The zero-order valence-corrected chi connectivity index (χ0v) is 10.4. The molecule has 1 aromatic carbocycles. The van der Waals surface area contributed by atoms with Crippen LogP contribution in [0.15, 0.2) is 18.2 Å². The lowest BCUT2D eigenvalue weighted by molar-refractivity contribution is 0.0981. The number of carbonyl (C=O) groups is 1. The summed E-state index contributed by atoms with van der Waals surface area (Å²) in [5.74, 6) is 1.09. The molecule has 0 saturated carbocycles. The topological polar surface area (TPSA) is 26.3 Å². The Hall–Kier alpha value is -1.31. The van der Waals surface area contributed by atoms with E-state index in [4.69, 9.17) is 4.74 Å². The highest BCUT2D eigenvalue weighted by molar-refractivity contribution is 5.97. The van der Waals surface area contributed by atoms with Crippen LogP contribution < -0.4 is 4.74 Å². The molecule has 0 aromatic heterocycles. The second kappa shape index (κ2) is 6.31. The Kier molecular flexibility index (Phi) is 5.03. The highest BCUT2D eigenvalue weighted by atomic mass is 16.5. The number of rotatable bonds is 6.